The molecule has 8 nitrogen and oxygen atoms in total. The number of ether oxygens (including phenoxy) is 1. The van der Waals surface area contributed by atoms with Crippen LogP contribution in [0.5, 0.6) is 5.75 Å². The monoisotopic (exact) mass is 372 g/mol. The summed E-state index contributed by atoms with van der Waals surface area (Å²) >= 11 is 5.82. The van der Waals surface area contributed by atoms with Gasteiger partial charge in [0, 0.05) is 10.7 Å². The third kappa shape index (κ3) is 4.48. The van der Waals surface area contributed by atoms with Crippen molar-refractivity contribution < 1.29 is 9.53 Å². The van der Waals surface area contributed by atoms with Crippen LogP contribution in [0.4, 0.5) is 10.5 Å². The summed E-state index contributed by atoms with van der Waals surface area (Å²) in [5, 5.41) is 17.6. The average Bonchev–Trinajstić information content (AvgIpc) is 3.11. The van der Waals surface area contributed by atoms with E-state index < -0.39 is 0 Å². The molecule has 3 rings (SSSR count). The minimum absolute atomic E-state index is 0.166. The van der Waals surface area contributed by atoms with Gasteiger partial charge in [-0.05, 0) is 65.9 Å². The topological polar surface area (TPSA) is 94.0 Å². The fourth-order valence-electron chi connectivity index (χ4n) is 2.23. The first-order valence-electron chi connectivity index (χ1n) is 7.96. The van der Waals surface area contributed by atoms with Gasteiger partial charge in [-0.2, -0.15) is 4.68 Å². The molecule has 134 valence electrons. The van der Waals surface area contributed by atoms with E-state index >= 15 is 0 Å². The second-order valence-electron chi connectivity index (χ2n) is 5.25. The minimum Gasteiger partial charge on any atom is -0.494 e. The molecule has 0 unspecified atom stereocenters. The number of hydrogen-bond donors (Lipinski definition) is 2. The van der Waals surface area contributed by atoms with E-state index in [0.717, 1.165) is 11.4 Å². The molecule has 2 N–H and O–H groups in total. The fraction of sp³-hybridized carbons (Fsp3) is 0.176. The van der Waals surface area contributed by atoms with Crippen molar-refractivity contribution in [2.75, 3.05) is 11.9 Å². The van der Waals surface area contributed by atoms with Crippen LogP contribution in [-0.4, -0.2) is 32.8 Å². The highest BCUT2D eigenvalue weighted by atomic mass is 35.5. The Morgan fingerprint density at radius 3 is 2.58 bits per heavy atom. The molecule has 0 radical (unpaired) electrons. The summed E-state index contributed by atoms with van der Waals surface area (Å²) in [6.07, 6.45) is 0. The normalized spacial score (nSPS) is 10.4. The van der Waals surface area contributed by atoms with Crippen molar-refractivity contribution in [1.82, 2.24) is 25.5 Å². The van der Waals surface area contributed by atoms with E-state index in [9.17, 15) is 4.79 Å². The van der Waals surface area contributed by atoms with Gasteiger partial charge >= 0.3 is 6.03 Å². The minimum atomic E-state index is -0.367. The molecule has 2 amide bonds. The number of halogens is 1. The third-order valence-corrected chi connectivity index (χ3v) is 3.69. The lowest BCUT2D eigenvalue weighted by molar-refractivity contribution is 0.251. The number of anilines is 1. The van der Waals surface area contributed by atoms with Crippen molar-refractivity contribution in [1.29, 1.82) is 0 Å². The van der Waals surface area contributed by atoms with E-state index in [1.165, 1.54) is 0 Å². The number of nitrogens with one attached hydrogen (secondary N) is 2. The number of carbonyl (C=O) groups is 1. The number of urea groups is 1. The molecule has 26 heavy (non-hydrogen) atoms. The van der Waals surface area contributed by atoms with Crippen molar-refractivity contribution in [2.24, 2.45) is 0 Å². The number of benzene rings is 2. The molecule has 0 aliphatic heterocycles. The Hall–Kier alpha value is -3.13. The van der Waals surface area contributed by atoms with E-state index in [0.29, 0.717) is 23.1 Å². The van der Waals surface area contributed by atoms with Gasteiger partial charge in [-0.15, -0.1) is 5.10 Å². The molecule has 3 aromatic rings. The molecule has 0 fully saturated rings. The maximum Gasteiger partial charge on any atom is 0.319 e. The number of tetrazole rings is 1. The number of carbonyl (C=O) groups excluding carboxylic acids is 1. The predicted octanol–water partition coefficient (Wildman–Crippen LogP) is 3.04. The molecular weight excluding hydrogens is 356 g/mol. The van der Waals surface area contributed by atoms with Crippen LogP contribution in [0, 0.1) is 0 Å². The van der Waals surface area contributed by atoms with Gasteiger partial charge in [0.2, 0.25) is 0 Å². The number of amides is 2. The number of nitrogens with zero attached hydrogens (tertiary/aromatic N) is 4. The Morgan fingerprint density at radius 1 is 1.15 bits per heavy atom. The van der Waals surface area contributed by atoms with Crippen LogP contribution in [0.2, 0.25) is 5.02 Å². The molecule has 0 atom stereocenters. The first-order chi connectivity index (χ1) is 12.7. The first kappa shape index (κ1) is 17.7. The summed E-state index contributed by atoms with van der Waals surface area (Å²) in [7, 11) is 0. The van der Waals surface area contributed by atoms with Crippen molar-refractivity contribution >= 4 is 23.3 Å². The van der Waals surface area contributed by atoms with Crippen molar-refractivity contribution in [3.05, 3.63) is 59.4 Å². The molecule has 9 heteroatoms. The summed E-state index contributed by atoms with van der Waals surface area (Å²) in [4.78, 5) is 12.0. The second kappa shape index (κ2) is 8.30. The second-order valence-corrected chi connectivity index (χ2v) is 5.68. The zero-order valence-electron chi connectivity index (χ0n) is 14.0. The van der Waals surface area contributed by atoms with Crippen LogP contribution in [-0.2, 0) is 6.54 Å². The van der Waals surface area contributed by atoms with Gasteiger partial charge in [-0.25, -0.2) is 4.79 Å². The van der Waals surface area contributed by atoms with Gasteiger partial charge in [0.05, 0.1) is 18.8 Å². The lowest BCUT2D eigenvalue weighted by atomic mass is 10.3. The Morgan fingerprint density at radius 2 is 1.88 bits per heavy atom. The first-order valence-corrected chi connectivity index (χ1v) is 8.34. The van der Waals surface area contributed by atoms with Gasteiger partial charge < -0.3 is 15.4 Å². The highest BCUT2D eigenvalue weighted by molar-refractivity contribution is 6.30. The Balaban J connectivity index is 1.61. The number of aromatic nitrogens is 4. The van der Waals surface area contributed by atoms with Crippen LogP contribution in [0.15, 0.2) is 48.5 Å². The van der Waals surface area contributed by atoms with E-state index in [2.05, 4.69) is 26.2 Å². The molecule has 0 saturated carbocycles. The summed E-state index contributed by atoms with van der Waals surface area (Å²) in [5.41, 5.74) is 1.41. The van der Waals surface area contributed by atoms with Crippen LogP contribution < -0.4 is 15.4 Å². The van der Waals surface area contributed by atoms with Gasteiger partial charge in [0.25, 0.3) is 0 Å². The molecule has 0 aliphatic carbocycles. The molecule has 1 aromatic heterocycles. The Labute approximate surface area is 155 Å². The standard InChI is InChI=1S/C17H17ClN6O2/c1-2-26-15-9-7-14(8-10-15)24-16(21-22-23-24)11-19-17(25)20-13-5-3-12(18)4-6-13/h3-10H,2,11H2,1H3,(H2,19,20,25). The summed E-state index contributed by atoms with van der Waals surface area (Å²) < 4.78 is 6.97. The van der Waals surface area contributed by atoms with Gasteiger partial charge in [0.15, 0.2) is 5.82 Å². The van der Waals surface area contributed by atoms with E-state index in [-0.39, 0.29) is 12.6 Å². The maximum atomic E-state index is 12.0. The smallest absolute Gasteiger partial charge is 0.319 e. The summed E-state index contributed by atoms with van der Waals surface area (Å²) in [6.45, 7) is 2.69. The Kier molecular flexibility index (Phi) is 5.65. The molecule has 0 saturated heterocycles. The highest BCUT2D eigenvalue weighted by Crippen LogP contribution is 2.16. The Bertz CT molecular complexity index is 864. The molecule has 2 aromatic carbocycles. The largest absolute Gasteiger partial charge is 0.494 e. The molecule has 1 heterocycles. The molecule has 0 aliphatic rings. The van der Waals surface area contributed by atoms with Gasteiger partial charge in [-0.3, -0.25) is 0 Å². The quantitative estimate of drug-likeness (QED) is 0.693. The van der Waals surface area contributed by atoms with Crippen LogP contribution >= 0.6 is 11.6 Å². The van der Waals surface area contributed by atoms with E-state index in [1.54, 1.807) is 28.9 Å². The number of rotatable bonds is 6. The van der Waals surface area contributed by atoms with Gasteiger partial charge in [-0.1, -0.05) is 11.6 Å². The van der Waals surface area contributed by atoms with Gasteiger partial charge in [0.1, 0.15) is 5.75 Å². The SMILES string of the molecule is CCOc1ccc(-n2nnnc2CNC(=O)Nc2ccc(Cl)cc2)cc1. The third-order valence-electron chi connectivity index (χ3n) is 3.44. The lowest BCUT2D eigenvalue weighted by Crippen LogP contribution is -2.29. The van der Waals surface area contributed by atoms with Crippen molar-refractivity contribution in [2.45, 2.75) is 13.5 Å². The van der Waals surface area contributed by atoms with Crippen LogP contribution in [0.25, 0.3) is 5.69 Å². The molecular formula is C17H17ClN6O2. The zero-order valence-corrected chi connectivity index (χ0v) is 14.8. The van der Waals surface area contributed by atoms with Crippen molar-refractivity contribution in [3.8, 4) is 11.4 Å². The summed E-state index contributed by atoms with van der Waals surface area (Å²) in [6, 6.07) is 13.8. The maximum absolute atomic E-state index is 12.0. The summed E-state index contributed by atoms with van der Waals surface area (Å²) in [5.74, 6) is 1.27. The van der Waals surface area contributed by atoms with Crippen LogP contribution in [0.3, 0.4) is 0 Å². The van der Waals surface area contributed by atoms with E-state index in [4.69, 9.17) is 16.3 Å². The fourth-order valence-corrected chi connectivity index (χ4v) is 2.36. The number of hydrogen-bond acceptors (Lipinski definition) is 5. The molecule has 0 bridgehead atoms. The van der Waals surface area contributed by atoms with Crippen LogP contribution in [0.1, 0.15) is 12.7 Å². The predicted molar refractivity (Wildman–Crippen MR) is 97.6 cm³/mol. The zero-order chi connectivity index (χ0) is 18.4. The average molecular weight is 373 g/mol. The highest BCUT2D eigenvalue weighted by Gasteiger charge is 2.10. The lowest BCUT2D eigenvalue weighted by Gasteiger charge is -2.09. The molecule has 0 spiro atoms. The van der Waals surface area contributed by atoms with E-state index in [1.807, 2.05) is 31.2 Å². The van der Waals surface area contributed by atoms with Crippen molar-refractivity contribution in [3.63, 3.8) is 0 Å².